The van der Waals surface area contributed by atoms with Crippen molar-refractivity contribution < 1.29 is 0 Å². The van der Waals surface area contributed by atoms with Crippen LogP contribution in [-0.2, 0) is 0 Å². The van der Waals surface area contributed by atoms with Crippen LogP contribution < -0.4 is 4.90 Å². The van der Waals surface area contributed by atoms with Crippen LogP contribution >= 0.6 is 11.6 Å². The lowest BCUT2D eigenvalue weighted by Gasteiger charge is -2.43. The lowest BCUT2D eigenvalue weighted by atomic mass is 9.92. The Morgan fingerprint density at radius 3 is 2.74 bits per heavy atom. The van der Waals surface area contributed by atoms with Crippen molar-refractivity contribution >= 4 is 17.4 Å². The number of rotatable bonds is 2. The summed E-state index contributed by atoms with van der Waals surface area (Å²) in [4.78, 5) is 11.2. The molecule has 4 rings (SSSR count). The molecule has 122 valence electrons. The molecule has 0 aromatic carbocycles. The topological polar surface area (TPSA) is 59.7 Å². The third-order valence-electron chi connectivity index (χ3n) is 5.04. The number of hydrogen-bond acceptors (Lipinski definition) is 5. The lowest BCUT2D eigenvalue weighted by Crippen LogP contribution is -2.44. The van der Waals surface area contributed by atoms with Crippen molar-refractivity contribution in [1.29, 1.82) is 0 Å². The van der Waals surface area contributed by atoms with Crippen molar-refractivity contribution in [2.24, 2.45) is 0 Å². The van der Waals surface area contributed by atoms with Gasteiger partial charge in [-0.25, -0.2) is 4.98 Å². The van der Waals surface area contributed by atoms with Gasteiger partial charge in [0.1, 0.15) is 11.5 Å². The minimum atomic E-state index is 0.192. The summed E-state index contributed by atoms with van der Waals surface area (Å²) in [6.07, 6.45) is 9.04. The van der Waals surface area contributed by atoms with Crippen LogP contribution in [0.2, 0.25) is 5.28 Å². The normalized spacial score (nSPS) is 21.2. The summed E-state index contributed by atoms with van der Waals surface area (Å²) in [7, 11) is 0. The molecule has 2 aromatic rings. The van der Waals surface area contributed by atoms with Gasteiger partial charge < -0.3 is 4.90 Å². The third-order valence-corrected chi connectivity index (χ3v) is 5.23. The Morgan fingerprint density at radius 2 is 2.00 bits per heavy atom. The molecule has 0 unspecified atom stereocenters. The molecule has 6 nitrogen and oxygen atoms in total. The predicted molar refractivity (Wildman–Crippen MR) is 89.1 cm³/mol. The average molecular weight is 333 g/mol. The second kappa shape index (κ2) is 5.74. The van der Waals surface area contributed by atoms with E-state index in [0.29, 0.717) is 11.3 Å². The van der Waals surface area contributed by atoms with Crippen molar-refractivity contribution in [3.63, 3.8) is 0 Å². The second-order valence-electron chi connectivity index (χ2n) is 6.41. The zero-order valence-corrected chi connectivity index (χ0v) is 14.3. The summed E-state index contributed by atoms with van der Waals surface area (Å²) >= 11 is 6.12. The molecule has 0 amide bonds. The molecule has 0 bridgehead atoms. The molecular formula is C16H21ClN6. The molecule has 0 spiro atoms. The molecule has 0 radical (unpaired) electrons. The van der Waals surface area contributed by atoms with Gasteiger partial charge in [-0.15, -0.1) is 10.2 Å². The van der Waals surface area contributed by atoms with Gasteiger partial charge in [0.15, 0.2) is 11.6 Å². The summed E-state index contributed by atoms with van der Waals surface area (Å²) in [6.45, 7) is 4.17. The van der Waals surface area contributed by atoms with E-state index in [9.17, 15) is 0 Å². The van der Waals surface area contributed by atoms with Gasteiger partial charge in [0, 0.05) is 6.04 Å². The lowest BCUT2D eigenvalue weighted by molar-refractivity contribution is 0.370. The minimum Gasteiger partial charge on any atom is -0.341 e. The van der Waals surface area contributed by atoms with Crippen molar-refractivity contribution in [3.05, 3.63) is 23.1 Å². The zero-order valence-electron chi connectivity index (χ0n) is 13.5. The van der Waals surface area contributed by atoms with Crippen molar-refractivity contribution in [3.8, 4) is 5.69 Å². The Bertz CT molecular complexity index is 721. The summed E-state index contributed by atoms with van der Waals surface area (Å²) < 4.78 is 2.08. The van der Waals surface area contributed by atoms with Gasteiger partial charge in [0.2, 0.25) is 5.28 Å². The molecule has 1 aliphatic heterocycles. The van der Waals surface area contributed by atoms with Gasteiger partial charge in [0.25, 0.3) is 0 Å². The number of hydrogen-bond donors (Lipinski definition) is 0. The van der Waals surface area contributed by atoms with E-state index in [1.54, 1.807) is 6.20 Å². The van der Waals surface area contributed by atoms with Crippen molar-refractivity contribution in [2.45, 2.75) is 64.5 Å². The van der Waals surface area contributed by atoms with Gasteiger partial charge in [-0.05, 0) is 37.8 Å². The van der Waals surface area contributed by atoms with Crippen LogP contribution in [0.1, 0.15) is 63.1 Å². The first-order chi connectivity index (χ1) is 11.2. The fraction of sp³-hybridized carbons (Fsp3) is 0.625. The minimum absolute atomic E-state index is 0.192. The SMILES string of the molecule is CC[C@@H]1c2nnc(C)n2-c2cnc(Cl)nc2N1C1CCCCC1. The Hall–Kier alpha value is -1.69. The van der Waals surface area contributed by atoms with Crippen LogP contribution in [0, 0.1) is 6.92 Å². The van der Waals surface area contributed by atoms with E-state index < -0.39 is 0 Å². The summed E-state index contributed by atoms with van der Waals surface area (Å²) in [6, 6.07) is 0.682. The fourth-order valence-electron chi connectivity index (χ4n) is 4.02. The van der Waals surface area contributed by atoms with Crippen molar-refractivity contribution in [2.75, 3.05) is 4.90 Å². The first-order valence-corrected chi connectivity index (χ1v) is 8.81. The monoisotopic (exact) mass is 332 g/mol. The molecule has 1 aliphatic carbocycles. The van der Waals surface area contributed by atoms with Gasteiger partial charge in [-0.3, -0.25) is 4.57 Å². The molecule has 3 heterocycles. The van der Waals surface area contributed by atoms with E-state index in [4.69, 9.17) is 11.6 Å². The predicted octanol–water partition coefficient (Wildman–Crippen LogP) is 3.62. The molecule has 1 saturated carbocycles. The number of aromatic nitrogens is 5. The maximum absolute atomic E-state index is 6.12. The Morgan fingerprint density at radius 1 is 1.22 bits per heavy atom. The number of aryl methyl sites for hydroxylation is 1. The molecule has 2 aliphatic rings. The molecule has 1 fully saturated rings. The highest BCUT2D eigenvalue weighted by atomic mass is 35.5. The van der Waals surface area contributed by atoms with E-state index in [1.807, 2.05) is 6.92 Å². The van der Waals surface area contributed by atoms with Crippen LogP contribution in [0.15, 0.2) is 6.20 Å². The van der Waals surface area contributed by atoms with Crippen LogP contribution in [0.4, 0.5) is 5.82 Å². The first-order valence-electron chi connectivity index (χ1n) is 8.44. The van der Waals surface area contributed by atoms with Crippen LogP contribution in [0.3, 0.4) is 0 Å². The maximum Gasteiger partial charge on any atom is 0.224 e. The zero-order chi connectivity index (χ0) is 16.0. The summed E-state index contributed by atoms with van der Waals surface area (Å²) in [5, 5.41) is 9.05. The maximum atomic E-state index is 6.12. The molecule has 7 heteroatoms. The van der Waals surface area contributed by atoms with Crippen molar-refractivity contribution in [1.82, 2.24) is 24.7 Å². The quantitative estimate of drug-likeness (QED) is 0.786. The van der Waals surface area contributed by atoms with Gasteiger partial charge in [-0.2, -0.15) is 4.98 Å². The van der Waals surface area contributed by atoms with E-state index in [0.717, 1.165) is 29.6 Å². The molecule has 1 atom stereocenters. The Balaban J connectivity index is 1.90. The van der Waals surface area contributed by atoms with E-state index in [2.05, 4.69) is 36.6 Å². The van der Waals surface area contributed by atoms with E-state index in [-0.39, 0.29) is 6.04 Å². The smallest absolute Gasteiger partial charge is 0.224 e. The fourth-order valence-corrected chi connectivity index (χ4v) is 4.15. The number of fused-ring (bicyclic) bond motifs is 3. The third kappa shape index (κ3) is 2.31. The van der Waals surface area contributed by atoms with Crippen LogP contribution in [0.25, 0.3) is 5.69 Å². The largest absolute Gasteiger partial charge is 0.341 e. The Labute approximate surface area is 140 Å². The highest BCUT2D eigenvalue weighted by Gasteiger charge is 2.38. The van der Waals surface area contributed by atoms with E-state index in [1.165, 1.54) is 32.1 Å². The molecular weight excluding hydrogens is 312 g/mol. The summed E-state index contributed by atoms with van der Waals surface area (Å²) in [5.41, 5.74) is 0.946. The number of nitrogens with zero attached hydrogens (tertiary/aromatic N) is 6. The second-order valence-corrected chi connectivity index (χ2v) is 6.75. The van der Waals surface area contributed by atoms with Gasteiger partial charge >= 0.3 is 0 Å². The summed E-state index contributed by atoms with van der Waals surface area (Å²) in [5.74, 6) is 2.79. The number of halogens is 1. The molecule has 23 heavy (non-hydrogen) atoms. The van der Waals surface area contributed by atoms with Gasteiger partial charge in [-0.1, -0.05) is 26.2 Å². The van der Waals surface area contributed by atoms with E-state index >= 15 is 0 Å². The molecule has 0 saturated heterocycles. The highest BCUT2D eigenvalue weighted by molar-refractivity contribution is 6.28. The van der Waals surface area contributed by atoms with Crippen LogP contribution in [-0.4, -0.2) is 30.8 Å². The molecule has 2 aromatic heterocycles. The van der Waals surface area contributed by atoms with Crippen LogP contribution in [0.5, 0.6) is 0 Å². The van der Waals surface area contributed by atoms with Gasteiger partial charge in [0.05, 0.1) is 12.2 Å². The number of anilines is 1. The standard InChI is InChI=1S/C16H21ClN6/c1-3-12-15-21-20-10(2)22(15)13-9-18-16(17)19-14(13)23(12)11-7-5-4-6-8-11/h9,11-12H,3-8H2,1-2H3/t12-/m1/s1. The molecule has 0 N–H and O–H groups in total. The average Bonchev–Trinajstić information content (AvgIpc) is 2.96. The first kappa shape index (κ1) is 14.9. The highest BCUT2D eigenvalue weighted by Crippen LogP contribution is 2.42. The Kier molecular flexibility index (Phi) is 3.71.